The third-order valence-corrected chi connectivity index (χ3v) is 3.93. The van der Waals surface area contributed by atoms with Crippen LogP contribution in [0.2, 0.25) is 0 Å². The molecule has 1 fully saturated rings. The lowest BCUT2D eigenvalue weighted by atomic mass is 10.1. The predicted molar refractivity (Wildman–Crippen MR) is 84.2 cm³/mol. The van der Waals surface area contributed by atoms with E-state index in [-0.39, 0.29) is 6.04 Å². The van der Waals surface area contributed by atoms with Gasteiger partial charge >= 0.3 is 0 Å². The summed E-state index contributed by atoms with van der Waals surface area (Å²) in [5.74, 6) is 0. The second kappa shape index (κ2) is 5.95. The van der Waals surface area contributed by atoms with Crippen LogP contribution in [0.1, 0.15) is 31.4 Å². The van der Waals surface area contributed by atoms with Crippen molar-refractivity contribution in [1.82, 2.24) is 4.98 Å². The molecule has 1 N–H and O–H groups in total. The van der Waals surface area contributed by atoms with Crippen molar-refractivity contribution in [3.8, 4) is 0 Å². The van der Waals surface area contributed by atoms with E-state index in [4.69, 9.17) is 0 Å². The highest BCUT2D eigenvalue weighted by molar-refractivity contribution is 5.70. The number of anilines is 2. The lowest BCUT2D eigenvalue weighted by Crippen LogP contribution is -2.20. The first-order valence-corrected chi connectivity index (χ1v) is 7.35. The molecule has 0 amide bonds. The SMILES string of the molecule is CC(Nc1ccccc1N1CCCC1)c1ccncc1. The smallest absolute Gasteiger partial charge is 0.0602 e. The van der Waals surface area contributed by atoms with E-state index in [1.807, 2.05) is 12.4 Å². The second-order valence-electron chi connectivity index (χ2n) is 5.36. The molecule has 0 saturated carbocycles. The number of para-hydroxylation sites is 2. The molecular weight excluding hydrogens is 246 g/mol. The monoisotopic (exact) mass is 267 g/mol. The van der Waals surface area contributed by atoms with Crippen LogP contribution < -0.4 is 10.2 Å². The summed E-state index contributed by atoms with van der Waals surface area (Å²) in [7, 11) is 0. The lowest BCUT2D eigenvalue weighted by molar-refractivity contribution is 0.875. The van der Waals surface area contributed by atoms with Gasteiger partial charge in [-0.25, -0.2) is 0 Å². The van der Waals surface area contributed by atoms with Crippen molar-refractivity contribution in [3.63, 3.8) is 0 Å². The Morgan fingerprint density at radius 1 is 1.05 bits per heavy atom. The van der Waals surface area contributed by atoms with Crippen LogP contribution in [0, 0.1) is 0 Å². The maximum atomic E-state index is 4.08. The summed E-state index contributed by atoms with van der Waals surface area (Å²) in [6.07, 6.45) is 6.29. The van der Waals surface area contributed by atoms with Crippen molar-refractivity contribution >= 4 is 11.4 Å². The Morgan fingerprint density at radius 2 is 1.75 bits per heavy atom. The van der Waals surface area contributed by atoms with E-state index in [1.165, 1.54) is 42.9 Å². The molecule has 1 aliphatic heterocycles. The van der Waals surface area contributed by atoms with Crippen molar-refractivity contribution in [1.29, 1.82) is 0 Å². The van der Waals surface area contributed by atoms with Crippen molar-refractivity contribution in [3.05, 3.63) is 54.4 Å². The Morgan fingerprint density at radius 3 is 2.50 bits per heavy atom. The van der Waals surface area contributed by atoms with Gasteiger partial charge in [-0.2, -0.15) is 0 Å². The summed E-state index contributed by atoms with van der Waals surface area (Å²) in [5.41, 5.74) is 3.81. The van der Waals surface area contributed by atoms with E-state index in [9.17, 15) is 0 Å². The number of benzene rings is 1. The number of hydrogen-bond donors (Lipinski definition) is 1. The van der Waals surface area contributed by atoms with Gasteiger partial charge < -0.3 is 10.2 Å². The first-order valence-electron chi connectivity index (χ1n) is 7.35. The number of hydrogen-bond acceptors (Lipinski definition) is 3. The minimum Gasteiger partial charge on any atom is -0.377 e. The molecule has 1 aromatic heterocycles. The van der Waals surface area contributed by atoms with Gasteiger partial charge in [0.1, 0.15) is 0 Å². The molecule has 0 aliphatic carbocycles. The van der Waals surface area contributed by atoms with Gasteiger partial charge in [0.2, 0.25) is 0 Å². The first kappa shape index (κ1) is 13.0. The van der Waals surface area contributed by atoms with Crippen LogP contribution in [0.4, 0.5) is 11.4 Å². The lowest BCUT2D eigenvalue weighted by Gasteiger charge is -2.24. The van der Waals surface area contributed by atoms with Gasteiger partial charge in [0.25, 0.3) is 0 Å². The molecule has 3 rings (SSSR count). The summed E-state index contributed by atoms with van der Waals surface area (Å²) >= 11 is 0. The first-order chi connectivity index (χ1) is 9.84. The standard InChI is InChI=1S/C17H21N3/c1-14(15-8-10-18-11-9-15)19-16-6-2-3-7-17(16)20-12-4-5-13-20/h2-3,6-11,14,19H,4-5,12-13H2,1H3. The Kier molecular flexibility index (Phi) is 3.86. The fraction of sp³-hybridized carbons (Fsp3) is 0.353. The Hall–Kier alpha value is -2.03. The summed E-state index contributed by atoms with van der Waals surface area (Å²) in [4.78, 5) is 6.55. The van der Waals surface area contributed by atoms with Crippen LogP contribution in [-0.4, -0.2) is 18.1 Å². The van der Waals surface area contributed by atoms with E-state index >= 15 is 0 Å². The molecule has 3 nitrogen and oxygen atoms in total. The van der Waals surface area contributed by atoms with Gasteiger partial charge in [0, 0.05) is 31.5 Å². The molecule has 2 heterocycles. The highest BCUT2D eigenvalue weighted by atomic mass is 15.2. The van der Waals surface area contributed by atoms with E-state index in [1.54, 1.807) is 0 Å². The van der Waals surface area contributed by atoms with Crippen LogP contribution in [0.5, 0.6) is 0 Å². The quantitative estimate of drug-likeness (QED) is 0.912. The molecule has 3 heteroatoms. The van der Waals surface area contributed by atoms with Crippen LogP contribution >= 0.6 is 0 Å². The summed E-state index contributed by atoms with van der Waals surface area (Å²) in [5, 5.41) is 3.63. The number of aromatic nitrogens is 1. The van der Waals surface area contributed by atoms with Gasteiger partial charge in [-0.3, -0.25) is 4.98 Å². The molecule has 0 bridgehead atoms. The van der Waals surface area contributed by atoms with Crippen LogP contribution in [-0.2, 0) is 0 Å². The predicted octanol–water partition coefficient (Wildman–Crippen LogP) is 3.85. The second-order valence-corrected chi connectivity index (χ2v) is 5.36. The van der Waals surface area contributed by atoms with Crippen LogP contribution in [0.25, 0.3) is 0 Å². The summed E-state index contributed by atoms with van der Waals surface area (Å²) in [6, 6.07) is 13.0. The van der Waals surface area contributed by atoms with E-state index < -0.39 is 0 Å². The number of pyridine rings is 1. The zero-order chi connectivity index (χ0) is 13.8. The molecule has 1 saturated heterocycles. The fourth-order valence-electron chi connectivity index (χ4n) is 2.80. The van der Waals surface area contributed by atoms with Gasteiger partial charge in [-0.1, -0.05) is 12.1 Å². The van der Waals surface area contributed by atoms with Crippen molar-refractivity contribution in [2.75, 3.05) is 23.3 Å². The van der Waals surface area contributed by atoms with E-state index in [2.05, 4.69) is 58.5 Å². The summed E-state index contributed by atoms with van der Waals surface area (Å²) < 4.78 is 0. The molecule has 0 spiro atoms. The average molecular weight is 267 g/mol. The molecule has 1 unspecified atom stereocenters. The molecule has 104 valence electrons. The highest BCUT2D eigenvalue weighted by Gasteiger charge is 2.16. The normalized spacial score (nSPS) is 16.1. The van der Waals surface area contributed by atoms with E-state index in [0.717, 1.165) is 0 Å². The highest BCUT2D eigenvalue weighted by Crippen LogP contribution is 2.31. The van der Waals surface area contributed by atoms with Gasteiger partial charge in [0.15, 0.2) is 0 Å². The van der Waals surface area contributed by atoms with Gasteiger partial charge in [-0.15, -0.1) is 0 Å². The molecule has 1 aliphatic rings. The minimum absolute atomic E-state index is 0.279. The molecule has 20 heavy (non-hydrogen) atoms. The van der Waals surface area contributed by atoms with Gasteiger partial charge in [-0.05, 0) is 49.6 Å². The van der Waals surface area contributed by atoms with E-state index in [0.29, 0.717) is 0 Å². The van der Waals surface area contributed by atoms with Crippen molar-refractivity contribution < 1.29 is 0 Å². The Labute approximate surface area is 120 Å². The maximum Gasteiger partial charge on any atom is 0.0602 e. The number of rotatable bonds is 4. The molecular formula is C17H21N3. The third kappa shape index (κ3) is 2.77. The zero-order valence-corrected chi connectivity index (χ0v) is 11.9. The fourth-order valence-corrected chi connectivity index (χ4v) is 2.80. The molecule has 1 atom stereocenters. The molecule has 0 radical (unpaired) electrons. The number of nitrogens with zero attached hydrogens (tertiary/aromatic N) is 2. The Balaban J connectivity index is 1.80. The van der Waals surface area contributed by atoms with Gasteiger partial charge in [0.05, 0.1) is 11.4 Å². The minimum atomic E-state index is 0.279. The molecule has 1 aromatic carbocycles. The van der Waals surface area contributed by atoms with Crippen LogP contribution in [0.3, 0.4) is 0 Å². The average Bonchev–Trinajstić information content (AvgIpc) is 3.03. The number of nitrogens with one attached hydrogen (secondary N) is 1. The summed E-state index contributed by atoms with van der Waals surface area (Å²) in [6.45, 7) is 4.53. The van der Waals surface area contributed by atoms with Crippen molar-refractivity contribution in [2.45, 2.75) is 25.8 Å². The van der Waals surface area contributed by atoms with Crippen LogP contribution in [0.15, 0.2) is 48.8 Å². The largest absolute Gasteiger partial charge is 0.377 e. The maximum absolute atomic E-state index is 4.08. The topological polar surface area (TPSA) is 28.2 Å². The Bertz CT molecular complexity index is 547. The molecule has 2 aromatic rings. The third-order valence-electron chi connectivity index (χ3n) is 3.93. The van der Waals surface area contributed by atoms with Crippen molar-refractivity contribution in [2.24, 2.45) is 0 Å². The zero-order valence-electron chi connectivity index (χ0n) is 11.9.